The Hall–Kier alpha value is -1.81. The van der Waals surface area contributed by atoms with Crippen LogP contribution in [0, 0.1) is 19.8 Å². The molecule has 2 aromatic rings. The largest absolute Gasteiger partial charge is 0.358 e. The Kier molecular flexibility index (Phi) is 3.49. The predicted molar refractivity (Wildman–Crippen MR) is 85.4 cm³/mol. The number of nitrogens with one attached hydrogen (secondary N) is 1. The van der Waals surface area contributed by atoms with Gasteiger partial charge in [0.1, 0.15) is 0 Å². The van der Waals surface area contributed by atoms with Crippen LogP contribution < -0.4 is 5.73 Å². The summed E-state index contributed by atoms with van der Waals surface area (Å²) in [6.07, 6.45) is 1.01. The second-order valence-corrected chi connectivity index (χ2v) is 6.28. The Balaban J connectivity index is 1.93. The Labute approximate surface area is 125 Å². The standard InChI is InChI=1S/C17H23N3O/c1-10-6-13(8-18)9-20(10)17(21)14-4-5-16-15(7-14)11(2)12(3)19-16/h4-5,7,10,13,19H,6,8-9,18H2,1-3H3. The van der Waals surface area contributed by atoms with Gasteiger partial charge in [-0.15, -0.1) is 0 Å². The number of fused-ring (bicyclic) bond motifs is 1. The second kappa shape index (κ2) is 5.19. The summed E-state index contributed by atoms with van der Waals surface area (Å²) < 4.78 is 0. The average molecular weight is 285 g/mol. The quantitative estimate of drug-likeness (QED) is 0.891. The van der Waals surface area contributed by atoms with Crippen molar-refractivity contribution in [2.45, 2.75) is 33.2 Å². The average Bonchev–Trinajstić information content (AvgIpc) is 2.99. The van der Waals surface area contributed by atoms with E-state index in [-0.39, 0.29) is 11.9 Å². The summed E-state index contributed by atoms with van der Waals surface area (Å²) >= 11 is 0. The molecule has 21 heavy (non-hydrogen) atoms. The molecule has 2 atom stereocenters. The smallest absolute Gasteiger partial charge is 0.254 e. The highest BCUT2D eigenvalue weighted by Crippen LogP contribution is 2.27. The second-order valence-electron chi connectivity index (χ2n) is 6.28. The highest BCUT2D eigenvalue weighted by molar-refractivity contribution is 5.99. The highest BCUT2D eigenvalue weighted by Gasteiger charge is 2.32. The lowest BCUT2D eigenvalue weighted by atomic mass is 10.1. The van der Waals surface area contributed by atoms with E-state index in [0.29, 0.717) is 12.5 Å². The van der Waals surface area contributed by atoms with Gasteiger partial charge in [0.2, 0.25) is 0 Å². The zero-order chi connectivity index (χ0) is 15.1. The number of aromatic nitrogens is 1. The molecule has 0 bridgehead atoms. The van der Waals surface area contributed by atoms with Crippen LogP contribution in [0.1, 0.15) is 35.0 Å². The molecule has 3 N–H and O–H groups in total. The maximum Gasteiger partial charge on any atom is 0.254 e. The van der Waals surface area contributed by atoms with E-state index in [9.17, 15) is 4.79 Å². The van der Waals surface area contributed by atoms with E-state index in [0.717, 1.165) is 35.1 Å². The van der Waals surface area contributed by atoms with Gasteiger partial charge >= 0.3 is 0 Å². The first-order valence-corrected chi connectivity index (χ1v) is 7.61. The van der Waals surface area contributed by atoms with E-state index in [2.05, 4.69) is 25.8 Å². The number of hydrogen-bond acceptors (Lipinski definition) is 2. The van der Waals surface area contributed by atoms with E-state index >= 15 is 0 Å². The molecule has 4 nitrogen and oxygen atoms in total. The number of rotatable bonds is 2. The lowest BCUT2D eigenvalue weighted by Gasteiger charge is -2.21. The van der Waals surface area contributed by atoms with Gasteiger partial charge in [0.25, 0.3) is 5.91 Å². The third-order valence-corrected chi connectivity index (χ3v) is 4.81. The van der Waals surface area contributed by atoms with Crippen LogP contribution in [0.15, 0.2) is 18.2 Å². The van der Waals surface area contributed by atoms with E-state index in [1.54, 1.807) is 0 Å². The van der Waals surface area contributed by atoms with E-state index < -0.39 is 0 Å². The monoisotopic (exact) mass is 285 g/mol. The number of carbonyl (C=O) groups excluding carboxylic acids is 1. The molecule has 1 aliphatic rings. The molecule has 0 spiro atoms. The van der Waals surface area contributed by atoms with Crippen molar-refractivity contribution in [1.29, 1.82) is 0 Å². The zero-order valence-corrected chi connectivity index (χ0v) is 12.9. The molecule has 4 heteroatoms. The third-order valence-electron chi connectivity index (χ3n) is 4.81. The first-order chi connectivity index (χ1) is 10.0. The molecule has 0 saturated carbocycles. The summed E-state index contributed by atoms with van der Waals surface area (Å²) in [5.41, 5.74) is 9.99. The summed E-state index contributed by atoms with van der Waals surface area (Å²) in [7, 11) is 0. The van der Waals surface area contributed by atoms with Crippen molar-refractivity contribution in [2.75, 3.05) is 13.1 Å². The number of nitrogens with zero attached hydrogens (tertiary/aromatic N) is 1. The molecule has 1 amide bonds. The van der Waals surface area contributed by atoms with Crippen LogP contribution in [-0.4, -0.2) is 34.9 Å². The molecule has 1 aromatic carbocycles. The van der Waals surface area contributed by atoms with Gasteiger partial charge in [-0.05, 0) is 63.4 Å². The fourth-order valence-electron chi connectivity index (χ4n) is 3.36. The first-order valence-electron chi connectivity index (χ1n) is 7.61. The molecule has 112 valence electrons. The maximum absolute atomic E-state index is 12.8. The van der Waals surface area contributed by atoms with Crippen LogP contribution in [-0.2, 0) is 0 Å². The molecular weight excluding hydrogens is 262 g/mol. The number of H-pyrrole nitrogens is 1. The summed E-state index contributed by atoms with van der Waals surface area (Å²) in [5.74, 6) is 0.558. The summed E-state index contributed by atoms with van der Waals surface area (Å²) in [4.78, 5) is 18.1. The number of amides is 1. The van der Waals surface area contributed by atoms with Crippen molar-refractivity contribution in [3.05, 3.63) is 35.0 Å². The number of aromatic amines is 1. The van der Waals surface area contributed by atoms with Gasteiger partial charge in [0.05, 0.1) is 0 Å². The Morgan fingerprint density at radius 3 is 2.86 bits per heavy atom. The topological polar surface area (TPSA) is 62.1 Å². The fourth-order valence-corrected chi connectivity index (χ4v) is 3.36. The molecule has 2 unspecified atom stereocenters. The summed E-state index contributed by atoms with van der Waals surface area (Å²) in [5, 5.41) is 1.14. The van der Waals surface area contributed by atoms with E-state index in [1.807, 2.05) is 23.1 Å². The van der Waals surface area contributed by atoms with Crippen LogP contribution in [0.3, 0.4) is 0 Å². The molecule has 1 fully saturated rings. The minimum Gasteiger partial charge on any atom is -0.358 e. The van der Waals surface area contributed by atoms with Crippen molar-refractivity contribution in [3.8, 4) is 0 Å². The minimum absolute atomic E-state index is 0.124. The van der Waals surface area contributed by atoms with Crippen molar-refractivity contribution in [3.63, 3.8) is 0 Å². The van der Waals surface area contributed by atoms with Gasteiger partial charge in [-0.3, -0.25) is 4.79 Å². The van der Waals surface area contributed by atoms with Gasteiger partial charge < -0.3 is 15.6 Å². The maximum atomic E-state index is 12.8. The number of carbonyl (C=O) groups is 1. The van der Waals surface area contributed by atoms with Gasteiger partial charge in [-0.25, -0.2) is 0 Å². The van der Waals surface area contributed by atoms with Gasteiger partial charge in [0.15, 0.2) is 0 Å². The molecule has 0 radical (unpaired) electrons. The molecule has 3 rings (SSSR count). The van der Waals surface area contributed by atoms with Crippen molar-refractivity contribution in [1.82, 2.24) is 9.88 Å². The van der Waals surface area contributed by atoms with Crippen molar-refractivity contribution < 1.29 is 4.79 Å². The van der Waals surface area contributed by atoms with Crippen LogP contribution in [0.4, 0.5) is 0 Å². The van der Waals surface area contributed by atoms with Crippen LogP contribution in [0.5, 0.6) is 0 Å². The normalized spacial score (nSPS) is 22.2. The zero-order valence-electron chi connectivity index (χ0n) is 12.9. The van der Waals surface area contributed by atoms with Crippen LogP contribution in [0.25, 0.3) is 10.9 Å². The minimum atomic E-state index is 0.124. The summed E-state index contributed by atoms with van der Waals surface area (Å²) in [6, 6.07) is 6.21. The number of benzene rings is 1. The molecule has 0 aliphatic carbocycles. The molecule has 2 heterocycles. The van der Waals surface area contributed by atoms with Crippen LogP contribution >= 0.6 is 0 Å². The number of hydrogen-bond donors (Lipinski definition) is 2. The Morgan fingerprint density at radius 1 is 1.43 bits per heavy atom. The van der Waals surface area contributed by atoms with Crippen molar-refractivity contribution in [2.24, 2.45) is 11.7 Å². The highest BCUT2D eigenvalue weighted by atomic mass is 16.2. The lowest BCUT2D eigenvalue weighted by Crippen LogP contribution is -2.34. The predicted octanol–water partition coefficient (Wildman–Crippen LogP) is 2.59. The summed E-state index contributed by atoms with van der Waals surface area (Å²) in [6.45, 7) is 7.69. The Morgan fingerprint density at radius 2 is 2.19 bits per heavy atom. The first kappa shape index (κ1) is 14.1. The van der Waals surface area contributed by atoms with Gasteiger partial charge in [0, 0.05) is 34.7 Å². The lowest BCUT2D eigenvalue weighted by molar-refractivity contribution is 0.0743. The Bertz CT molecular complexity index is 689. The number of aryl methyl sites for hydroxylation is 2. The molecular formula is C17H23N3O. The third kappa shape index (κ3) is 2.33. The number of nitrogens with two attached hydrogens (primary N) is 1. The van der Waals surface area contributed by atoms with Gasteiger partial charge in [-0.2, -0.15) is 0 Å². The van der Waals surface area contributed by atoms with E-state index in [1.165, 1.54) is 5.56 Å². The molecule has 1 aliphatic heterocycles. The fraction of sp³-hybridized carbons (Fsp3) is 0.471. The molecule has 1 aromatic heterocycles. The van der Waals surface area contributed by atoms with E-state index in [4.69, 9.17) is 5.73 Å². The van der Waals surface area contributed by atoms with Gasteiger partial charge in [-0.1, -0.05) is 0 Å². The molecule has 1 saturated heterocycles. The van der Waals surface area contributed by atoms with Crippen molar-refractivity contribution >= 4 is 16.8 Å². The van der Waals surface area contributed by atoms with Crippen LogP contribution in [0.2, 0.25) is 0 Å². The SMILES string of the molecule is Cc1[nH]c2ccc(C(=O)N3CC(CN)CC3C)cc2c1C. The number of likely N-dealkylation sites (tertiary alicyclic amines) is 1.